The van der Waals surface area contributed by atoms with Gasteiger partial charge in [0.25, 0.3) is 0 Å². The number of amidine groups is 1. The molecule has 6 nitrogen and oxygen atoms in total. The first-order valence-electron chi connectivity index (χ1n) is 10.3. The van der Waals surface area contributed by atoms with Crippen molar-refractivity contribution in [3.63, 3.8) is 0 Å². The van der Waals surface area contributed by atoms with E-state index in [1.807, 2.05) is 48.3 Å². The maximum absolute atomic E-state index is 12.5. The lowest BCUT2D eigenvalue weighted by molar-refractivity contribution is -0.113. The van der Waals surface area contributed by atoms with Crippen LogP contribution in [0.2, 0.25) is 0 Å². The summed E-state index contributed by atoms with van der Waals surface area (Å²) >= 11 is 1.30. The van der Waals surface area contributed by atoms with E-state index >= 15 is 0 Å². The third-order valence-electron chi connectivity index (χ3n) is 4.69. The van der Waals surface area contributed by atoms with Crippen molar-refractivity contribution in [3.8, 4) is 5.75 Å². The van der Waals surface area contributed by atoms with Crippen LogP contribution in [0.5, 0.6) is 5.75 Å². The molecule has 2 aromatic rings. The van der Waals surface area contributed by atoms with Gasteiger partial charge in [0, 0.05) is 12.2 Å². The van der Waals surface area contributed by atoms with Crippen molar-refractivity contribution in [2.45, 2.75) is 33.6 Å². The van der Waals surface area contributed by atoms with Gasteiger partial charge < -0.3 is 10.1 Å². The van der Waals surface area contributed by atoms with Gasteiger partial charge in [0.05, 0.1) is 5.75 Å². The molecule has 30 heavy (non-hydrogen) atoms. The monoisotopic (exact) mass is 424 g/mol. The maximum Gasteiger partial charge on any atom is 0.234 e. The highest BCUT2D eigenvalue weighted by Crippen LogP contribution is 2.19. The first-order valence-corrected chi connectivity index (χ1v) is 11.3. The topological polar surface area (TPSA) is 66.3 Å². The molecular weight excluding hydrogens is 396 g/mol. The van der Waals surface area contributed by atoms with Crippen LogP contribution in [0.4, 0.5) is 5.69 Å². The SMILES string of the molecule is CCc1ccc(NC(=O)CSC2=NN(CC)CC(Oc3ccccc3)=N2)cc1CC. The fourth-order valence-corrected chi connectivity index (χ4v) is 3.78. The number of carbonyl (C=O) groups is 1. The third kappa shape index (κ3) is 6.10. The average molecular weight is 425 g/mol. The van der Waals surface area contributed by atoms with Gasteiger partial charge in [-0.3, -0.25) is 9.80 Å². The Kier molecular flexibility index (Phi) is 7.90. The van der Waals surface area contributed by atoms with Crippen molar-refractivity contribution >= 4 is 34.4 Å². The van der Waals surface area contributed by atoms with Gasteiger partial charge >= 0.3 is 0 Å². The first-order chi connectivity index (χ1) is 14.6. The lowest BCUT2D eigenvalue weighted by Gasteiger charge is -2.23. The Hall–Kier alpha value is -2.80. The molecular formula is C23H28N4O2S. The van der Waals surface area contributed by atoms with Gasteiger partial charge in [-0.2, -0.15) is 4.99 Å². The number of hydrogen-bond donors (Lipinski definition) is 1. The van der Waals surface area contributed by atoms with E-state index in [9.17, 15) is 4.79 Å². The molecule has 1 heterocycles. The van der Waals surface area contributed by atoms with E-state index < -0.39 is 0 Å². The molecule has 0 bridgehead atoms. The van der Waals surface area contributed by atoms with E-state index in [1.165, 1.54) is 22.9 Å². The zero-order valence-electron chi connectivity index (χ0n) is 17.7. The van der Waals surface area contributed by atoms with E-state index in [-0.39, 0.29) is 11.7 Å². The fraction of sp³-hybridized carbons (Fsp3) is 0.348. The number of carbonyl (C=O) groups excluding carboxylic acids is 1. The standard InChI is InChI=1S/C23H28N4O2S/c1-4-17-12-13-19(14-18(17)5-2)24-21(28)16-30-23-25-22(15-27(6-3)26-23)29-20-10-8-7-9-11-20/h7-14H,4-6,15-16H2,1-3H3,(H,24,28). The summed E-state index contributed by atoms with van der Waals surface area (Å²) in [5.74, 6) is 1.46. The van der Waals surface area contributed by atoms with Gasteiger partial charge in [0.1, 0.15) is 12.3 Å². The molecule has 0 aromatic heterocycles. The number of nitrogens with zero attached hydrogens (tertiary/aromatic N) is 3. The molecule has 0 saturated carbocycles. The highest BCUT2D eigenvalue weighted by Gasteiger charge is 2.18. The second kappa shape index (κ2) is 10.8. The van der Waals surface area contributed by atoms with Crippen LogP contribution >= 0.6 is 11.8 Å². The summed E-state index contributed by atoms with van der Waals surface area (Å²) in [6, 6.07) is 15.7. The van der Waals surface area contributed by atoms with Crippen LogP contribution in [-0.2, 0) is 17.6 Å². The molecule has 2 aromatic carbocycles. The Bertz CT molecular complexity index is 928. The molecule has 7 heteroatoms. The maximum atomic E-state index is 12.5. The van der Waals surface area contributed by atoms with Crippen LogP contribution < -0.4 is 10.1 Å². The molecule has 1 aliphatic heterocycles. The molecule has 158 valence electrons. The number of para-hydroxylation sites is 1. The van der Waals surface area contributed by atoms with Gasteiger partial charge in [-0.05, 0) is 55.2 Å². The summed E-state index contributed by atoms with van der Waals surface area (Å²) < 4.78 is 5.88. The summed E-state index contributed by atoms with van der Waals surface area (Å²) in [5, 5.41) is 9.87. The smallest absolute Gasteiger partial charge is 0.234 e. The molecule has 1 amide bonds. The Labute approximate surface area is 182 Å². The Morgan fingerprint density at radius 2 is 1.87 bits per heavy atom. The van der Waals surface area contributed by atoms with Gasteiger partial charge in [-0.25, -0.2) is 0 Å². The number of hydrogen-bond acceptors (Lipinski definition) is 6. The molecule has 1 aliphatic rings. The number of aryl methyl sites for hydroxylation is 2. The van der Waals surface area contributed by atoms with Crippen molar-refractivity contribution < 1.29 is 9.53 Å². The average Bonchev–Trinajstić information content (AvgIpc) is 2.78. The number of aliphatic imine (C=N–C) groups is 1. The van der Waals surface area contributed by atoms with Gasteiger partial charge in [0.15, 0.2) is 0 Å². The van der Waals surface area contributed by atoms with Crippen molar-refractivity contribution in [1.82, 2.24) is 5.01 Å². The summed E-state index contributed by atoms with van der Waals surface area (Å²) in [6.07, 6.45) is 1.94. The minimum absolute atomic E-state index is 0.0802. The van der Waals surface area contributed by atoms with E-state index in [4.69, 9.17) is 4.74 Å². The fourth-order valence-electron chi connectivity index (χ4n) is 3.11. The number of benzene rings is 2. The van der Waals surface area contributed by atoms with Gasteiger partial charge in [-0.1, -0.05) is 49.9 Å². The number of rotatable bonds is 7. The summed E-state index contributed by atoms with van der Waals surface area (Å²) in [6.45, 7) is 7.53. The van der Waals surface area contributed by atoms with Crippen molar-refractivity contribution in [2.24, 2.45) is 10.1 Å². The lowest BCUT2D eigenvalue weighted by atomic mass is 10.0. The van der Waals surface area contributed by atoms with Crippen molar-refractivity contribution in [2.75, 3.05) is 24.2 Å². The second-order valence-corrected chi connectivity index (χ2v) is 7.75. The van der Waals surface area contributed by atoms with Gasteiger partial charge in [0.2, 0.25) is 17.0 Å². The molecule has 0 unspecified atom stereocenters. The van der Waals surface area contributed by atoms with Crippen LogP contribution in [0.25, 0.3) is 0 Å². The number of likely N-dealkylation sites (N-methyl/N-ethyl adjacent to an activating group) is 1. The number of thioether (sulfide) groups is 1. The highest BCUT2D eigenvalue weighted by molar-refractivity contribution is 8.14. The minimum Gasteiger partial charge on any atom is -0.441 e. The van der Waals surface area contributed by atoms with Crippen molar-refractivity contribution in [3.05, 3.63) is 59.7 Å². The van der Waals surface area contributed by atoms with E-state index in [0.29, 0.717) is 17.6 Å². The molecule has 1 N–H and O–H groups in total. The predicted molar refractivity (Wildman–Crippen MR) is 125 cm³/mol. The normalized spacial score (nSPS) is 13.5. The molecule has 0 fully saturated rings. The Morgan fingerprint density at radius 3 is 2.57 bits per heavy atom. The van der Waals surface area contributed by atoms with E-state index in [0.717, 1.165) is 30.8 Å². The molecule has 0 radical (unpaired) electrons. The van der Waals surface area contributed by atoms with Crippen LogP contribution in [-0.4, -0.2) is 40.8 Å². The molecule has 0 aliphatic carbocycles. The first kappa shape index (κ1) is 21.9. The minimum atomic E-state index is -0.0802. The molecule has 0 spiro atoms. The zero-order chi connectivity index (χ0) is 21.3. The predicted octanol–water partition coefficient (Wildman–Crippen LogP) is 4.57. The Morgan fingerprint density at radius 1 is 1.10 bits per heavy atom. The second-order valence-electron chi connectivity index (χ2n) is 6.81. The number of amides is 1. The molecule has 3 rings (SSSR count). The summed E-state index contributed by atoms with van der Waals surface area (Å²) in [5.41, 5.74) is 3.42. The number of anilines is 1. The van der Waals surface area contributed by atoms with Crippen LogP contribution in [0.15, 0.2) is 58.6 Å². The van der Waals surface area contributed by atoms with E-state index in [1.54, 1.807) is 0 Å². The number of ether oxygens (including phenoxy) is 1. The Balaban J connectivity index is 1.60. The summed E-state index contributed by atoms with van der Waals surface area (Å²) in [4.78, 5) is 16.9. The highest BCUT2D eigenvalue weighted by atomic mass is 32.2. The van der Waals surface area contributed by atoms with Crippen molar-refractivity contribution in [1.29, 1.82) is 0 Å². The lowest BCUT2D eigenvalue weighted by Crippen LogP contribution is -2.33. The third-order valence-corrected chi connectivity index (χ3v) is 5.53. The zero-order valence-corrected chi connectivity index (χ0v) is 18.5. The largest absolute Gasteiger partial charge is 0.441 e. The number of nitrogens with one attached hydrogen (secondary N) is 1. The summed E-state index contributed by atoms with van der Waals surface area (Å²) in [7, 11) is 0. The molecule has 0 saturated heterocycles. The molecule has 0 atom stereocenters. The number of hydrazone groups is 1. The quantitative estimate of drug-likeness (QED) is 0.707. The van der Waals surface area contributed by atoms with Crippen LogP contribution in [0, 0.1) is 0 Å². The van der Waals surface area contributed by atoms with Crippen LogP contribution in [0.1, 0.15) is 31.9 Å². The van der Waals surface area contributed by atoms with Gasteiger partial charge in [-0.15, -0.1) is 5.10 Å². The van der Waals surface area contributed by atoms with Crippen LogP contribution in [0.3, 0.4) is 0 Å². The van der Waals surface area contributed by atoms with E-state index in [2.05, 4.69) is 41.4 Å².